The maximum absolute atomic E-state index is 12.1. The molecule has 1 fully saturated rings. The Morgan fingerprint density at radius 2 is 1.90 bits per heavy atom. The Kier molecular flexibility index (Phi) is 5.90. The van der Waals surface area contributed by atoms with Crippen molar-refractivity contribution in [2.45, 2.75) is 45.1 Å². The molecule has 0 saturated heterocycles. The van der Waals surface area contributed by atoms with Gasteiger partial charge in [0.2, 0.25) is 0 Å². The normalized spacial score (nSPS) is 17.0. The van der Waals surface area contributed by atoms with E-state index in [-0.39, 0.29) is 5.91 Å². The summed E-state index contributed by atoms with van der Waals surface area (Å²) in [5.74, 6) is 1.80. The van der Waals surface area contributed by atoms with Crippen LogP contribution in [0.1, 0.15) is 39.0 Å². The van der Waals surface area contributed by atoms with Gasteiger partial charge in [-0.25, -0.2) is 0 Å². The minimum Gasteiger partial charge on any atom is -0.493 e. The van der Waals surface area contributed by atoms with Gasteiger partial charge in [0.1, 0.15) is 0 Å². The molecule has 0 aromatic heterocycles. The maximum Gasteiger partial charge on any atom is 0.260 e. The summed E-state index contributed by atoms with van der Waals surface area (Å²) in [6.07, 6.45) is 5.83. The van der Waals surface area contributed by atoms with Crippen molar-refractivity contribution >= 4 is 5.91 Å². The zero-order valence-electron chi connectivity index (χ0n) is 12.9. The third kappa shape index (κ3) is 4.66. The standard InChI is InChI=1S/C17H25NO3/c1-13(21-16-11-7-6-10-15(16)20-2)17(19)18-12-14-8-4-3-5-9-14/h6-7,10-11,13-14H,3-5,8-9,12H2,1-2H3,(H,18,19). The van der Waals surface area contributed by atoms with Gasteiger partial charge in [0.15, 0.2) is 17.6 Å². The van der Waals surface area contributed by atoms with Gasteiger partial charge >= 0.3 is 0 Å². The van der Waals surface area contributed by atoms with Crippen LogP contribution in [0.5, 0.6) is 11.5 Å². The zero-order valence-corrected chi connectivity index (χ0v) is 12.9. The number of amides is 1. The Morgan fingerprint density at radius 1 is 1.24 bits per heavy atom. The lowest BCUT2D eigenvalue weighted by Crippen LogP contribution is -2.39. The molecule has 1 aliphatic carbocycles. The molecule has 0 spiro atoms. The summed E-state index contributed by atoms with van der Waals surface area (Å²) in [7, 11) is 1.59. The van der Waals surface area contributed by atoms with Gasteiger partial charge in [-0.1, -0.05) is 31.4 Å². The molecule has 21 heavy (non-hydrogen) atoms. The molecule has 1 aliphatic rings. The van der Waals surface area contributed by atoms with E-state index in [1.165, 1.54) is 32.1 Å². The monoisotopic (exact) mass is 291 g/mol. The highest BCUT2D eigenvalue weighted by Crippen LogP contribution is 2.27. The Morgan fingerprint density at radius 3 is 2.57 bits per heavy atom. The Bertz CT molecular complexity index is 455. The van der Waals surface area contributed by atoms with Crippen molar-refractivity contribution in [1.29, 1.82) is 0 Å². The number of methoxy groups -OCH3 is 1. The molecule has 1 amide bonds. The number of benzene rings is 1. The molecule has 116 valence electrons. The van der Waals surface area contributed by atoms with Crippen molar-refractivity contribution in [2.75, 3.05) is 13.7 Å². The van der Waals surface area contributed by atoms with Crippen LogP contribution in [0.25, 0.3) is 0 Å². The fraction of sp³-hybridized carbons (Fsp3) is 0.588. The van der Waals surface area contributed by atoms with E-state index in [1.807, 2.05) is 24.3 Å². The Hall–Kier alpha value is -1.71. The summed E-state index contributed by atoms with van der Waals surface area (Å²) in [5.41, 5.74) is 0. The number of para-hydroxylation sites is 2. The molecule has 1 atom stereocenters. The second kappa shape index (κ2) is 7.91. The third-order valence-corrected chi connectivity index (χ3v) is 4.03. The highest BCUT2D eigenvalue weighted by Gasteiger charge is 2.19. The highest BCUT2D eigenvalue weighted by molar-refractivity contribution is 5.80. The van der Waals surface area contributed by atoms with Crippen LogP contribution in [0, 0.1) is 5.92 Å². The summed E-state index contributed by atoms with van der Waals surface area (Å²) in [4.78, 5) is 12.1. The van der Waals surface area contributed by atoms with Gasteiger partial charge in [0.25, 0.3) is 5.91 Å². The van der Waals surface area contributed by atoms with E-state index in [4.69, 9.17) is 9.47 Å². The molecule has 0 heterocycles. The van der Waals surface area contributed by atoms with Crippen LogP contribution >= 0.6 is 0 Å². The molecule has 0 bridgehead atoms. The van der Waals surface area contributed by atoms with Gasteiger partial charge in [-0.05, 0) is 37.8 Å². The molecular formula is C17H25NO3. The van der Waals surface area contributed by atoms with Gasteiger partial charge < -0.3 is 14.8 Å². The van der Waals surface area contributed by atoms with Crippen molar-refractivity contribution in [1.82, 2.24) is 5.32 Å². The molecule has 1 aromatic carbocycles. The largest absolute Gasteiger partial charge is 0.493 e. The Labute approximate surface area is 126 Å². The number of nitrogens with one attached hydrogen (secondary N) is 1. The van der Waals surface area contributed by atoms with E-state index in [2.05, 4.69) is 5.32 Å². The average Bonchev–Trinajstić information content (AvgIpc) is 2.54. The molecular weight excluding hydrogens is 266 g/mol. The van der Waals surface area contributed by atoms with E-state index < -0.39 is 6.10 Å². The van der Waals surface area contributed by atoms with Crippen LogP contribution < -0.4 is 14.8 Å². The van der Waals surface area contributed by atoms with Gasteiger partial charge in [-0.2, -0.15) is 0 Å². The lowest BCUT2D eigenvalue weighted by atomic mass is 9.89. The van der Waals surface area contributed by atoms with Crippen LogP contribution in [0.2, 0.25) is 0 Å². The number of carbonyl (C=O) groups excluding carboxylic acids is 1. The van der Waals surface area contributed by atoms with Gasteiger partial charge in [-0.3, -0.25) is 4.79 Å². The molecule has 2 rings (SSSR count). The first-order valence-corrected chi connectivity index (χ1v) is 7.78. The molecule has 0 radical (unpaired) electrons. The van der Waals surface area contributed by atoms with Crippen molar-refractivity contribution in [2.24, 2.45) is 5.92 Å². The highest BCUT2D eigenvalue weighted by atomic mass is 16.5. The Balaban J connectivity index is 1.81. The van der Waals surface area contributed by atoms with E-state index >= 15 is 0 Å². The molecule has 1 aromatic rings. The van der Waals surface area contributed by atoms with E-state index in [0.717, 1.165) is 6.54 Å². The van der Waals surface area contributed by atoms with Crippen LogP contribution in [-0.4, -0.2) is 25.7 Å². The lowest BCUT2D eigenvalue weighted by Gasteiger charge is -2.23. The number of carbonyl (C=O) groups is 1. The van der Waals surface area contributed by atoms with E-state index in [0.29, 0.717) is 17.4 Å². The molecule has 1 N–H and O–H groups in total. The van der Waals surface area contributed by atoms with Crippen LogP contribution in [0.4, 0.5) is 0 Å². The van der Waals surface area contributed by atoms with Gasteiger partial charge in [-0.15, -0.1) is 0 Å². The molecule has 1 unspecified atom stereocenters. The number of ether oxygens (including phenoxy) is 2. The minimum absolute atomic E-state index is 0.0634. The molecule has 4 nitrogen and oxygen atoms in total. The summed E-state index contributed by atoms with van der Waals surface area (Å²) in [6, 6.07) is 7.37. The molecule has 1 saturated carbocycles. The summed E-state index contributed by atoms with van der Waals surface area (Å²) < 4.78 is 10.9. The van der Waals surface area contributed by atoms with Crippen LogP contribution in [-0.2, 0) is 4.79 Å². The second-order valence-corrected chi connectivity index (χ2v) is 5.66. The minimum atomic E-state index is -0.523. The first kappa shape index (κ1) is 15.7. The first-order chi connectivity index (χ1) is 10.2. The number of hydrogen-bond donors (Lipinski definition) is 1. The third-order valence-electron chi connectivity index (χ3n) is 4.03. The lowest BCUT2D eigenvalue weighted by molar-refractivity contribution is -0.127. The summed E-state index contributed by atoms with van der Waals surface area (Å²) in [6.45, 7) is 2.53. The second-order valence-electron chi connectivity index (χ2n) is 5.66. The molecule has 0 aliphatic heterocycles. The van der Waals surface area contributed by atoms with Crippen molar-refractivity contribution in [3.63, 3.8) is 0 Å². The van der Waals surface area contributed by atoms with Crippen molar-refractivity contribution < 1.29 is 14.3 Å². The summed E-state index contributed by atoms with van der Waals surface area (Å²) >= 11 is 0. The SMILES string of the molecule is COc1ccccc1OC(C)C(=O)NCC1CCCCC1. The van der Waals surface area contributed by atoms with Gasteiger partial charge in [0, 0.05) is 6.54 Å². The topological polar surface area (TPSA) is 47.6 Å². The van der Waals surface area contributed by atoms with Crippen molar-refractivity contribution in [3.05, 3.63) is 24.3 Å². The van der Waals surface area contributed by atoms with Gasteiger partial charge in [0.05, 0.1) is 7.11 Å². The molecule has 4 heteroatoms. The zero-order chi connectivity index (χ0) is 15.1. The number of hydrogen-bond acceptors (Lipinski definition) is 3. The summed E-state index contributed by atoms with van der Waals surface area (Å²) in [5, 5.41) is 3.01. The maximum atomic E-state index is 12.1. The fourth-order valence-corrected chi connectivity index (χ4v) is 2.74. The van der Waals surface area contributed by atoms with Crippen LogP contribution in [0.3, 0.4) is 0 Å². The van der Waals surface area contributed by atoms with E-state index in [1.54, 1.807) is 14.0 Å². The average molecular weight is 291 g/mol. The van der Waals surface area contributed by atoms with E-state index in [9.17, 15) is 4.79 Å². The fourth-order valence-electron chi connectivity index (χ4n) is 2.74. The predicted molar refractivity (Wildman–Crippen MR) is 82.7 cm³/mol. The first-order valence-electron chi connectivity index (χ1n) is 7.78. The quantitative estimate of drug-likeness (QED) is 0.876. The smallest absolute Gasteiger partial charge is 0.260 e. The van der Waals surface area contributed by atoms with Crippen LogP contribution in [0.15, 0.2) is 24.3 Å². The van der Waals surface area contributed by atoms with Crippen molar-refractivity contribution in [3.8, 4) is 11.5 Å². The number of rotatable bonds is 6. The predicted octanol–water partition coefficient (Wildman–Crippen LogP) is 3.16.